The molecule has 0 saturated carbocycles. The van der Waals surface area contributed by atoms with Gasteiger partial charge in [-0.05, 0) is 41.0 Å². The van der Waals surface area contributed by atoms with Gasteiger partial charge in [0.2, 0.25) is 0 Å². The van der Waals surface area contributed by atoms with E-state index in [0.717, 1.165) is 21.9 Å². The number of nitrogens with zero attached hydrogens (tertiary/aromatic N) is 1. The maximum atomic E-state index is 12.3. The van der Waals surface area contributed by atoms with Crippen LogP contribution >= 0.6 is 0 Å². The van der Waals surface area contributed by atoms with Crippen LogP contribution in [0.2, 0.25) is 0 Å². The lowest BCUT2D eigenvalue weighted by Crippen LogP contribution is -2.31. The highest BCUT2D eigenvalue weighted by atomic mass is 16.5. The number of hydrogen-bond acceptors (Lipinski definition) is 3. The van der Waals surface area contributed by atoms with Crippen molar-refractivity contribution in [1.82, 2.24) is 4.90 Å². The molecule has 0 spiro atoms. The second kappa shape index (κ2) is 7.83. The number of hydrogen-bond donors (Lipinski definition) is 0. The maximum Gasteiger partial charge on any atom is 0.338 e. The van der Waals surface area contributed by atoms with Gasteiger partial charge < -0.3 is 9.64 Å². The van der Waals surface area contributed by atoms with Crippen LogP contribution in [0.1, 0.15) is 21.5 Å². The van der Waals surface area contributed by atoms with Gasteiger partial charge in [0.05, 0.1) is 5.56 Å². The number of ether oxygens (including phenoxy) is 1. The minimum Gasteiger partial charge on any atom is -0.452 e. The zero-order chi connectivity index (χ0) is 18.5. The number of likely N-dealkylation sites (N-methyl/N-ethyl adjacent to an activating group) is 1. The third kappa shape index (κ3) is 4.09. The Bertz CT molecular complexity index is 949. The Kier molecular flexibility index (Phi) is 5.32. The predicted octanol–water partition coefficient (Wildman–Crippen LogP) is 3.96. The third-order valence-electron chi connectivity index (χ3n) is 4.41. The van der Waals surface area contributed by atoms with E-state index in [2.05, 4.69) is 0 Å². The van der Waals surface area contributed by atoms with Crippen molar-refractivity contribution in [3.63, 3.8) is 0 Å². The first-order valence-corrected chi connectivity index (χ1v) is 8.49. The number of rotatable bonds is 5. The van der Waals surface area contributed by atoms with E-state index in [1.807, 2.05) is 61.5 Å². The molecule has 0 radical (unpaired) electrons. The van der Waals surface area contributed by atoms with Crippen LogP contribution in [0.4, 0.5) is 0 Å². The molecule has 4 nitrogen and oxygen atoms in total. The molecule has 3 rings (SSSR count). The Hall–Kier alpha value is -3.14. The Morgan fingerprint density at radius 3 is 2.38 bits per heavy atom. The SMILES string of the molecule is Cc1ccccc1CN(C)C(=O)COC(=O)c1ccc2ccccc2c1. The molecule has 4 heteroatoms. The molecule has 0 aliphatic heterocycles. The van der Waals surface area contributed by atoms with Crippen LogP contribution in [-0.2, 0) is 16.1 Å². The lowest BCUT2D eigenvalue weighted by Gasteiger charge is -2.18. The fraction of sp³-hybridized carbons (Fsp3) is 0.182. The van der Waals surface area contributed by atoms with Gasteiger partial charge in [-0.25, -0.2) is 4.79 Å². The predicted molar refractivity (Wildman–Crippen MR) is 102 cm³/mol. The van der Waals surface area contributed by atoms with Gasteiger partial charge in [0.1, 0.15) is 0 Å². The fourth-order valence-corrected chi connectivity index (χ4v) is 2.77. The normalized spacial score (nSPS) is 10.5. The van der Waals surface area contributed by atoms with Crippen LogP contribution in [0.3, 0.4) is 0 Å². The number of fused-ring (bicyclic) bond motifs is 1. The van der Waals surface area contributed by atoms with Gasteiger partial charge >= 0.3 is 5.97 Å². The standard InChI is InChI=1S/C22H21NO3/c1-16-7-3-4-10-20(16)14-23(2)21(24)15-26-22(25)19-12-11-17-8-5-6-9-18(17)13-19/h3-13H,14-15H2,1-2H3. The van der Waals surface area contributed by atoms with Crippen molar-refractivity contribution < 1.29 is 14.3 Å². The van der Waals surface area contributed by atoms with Gasteiger partial charge in [0.15, 0.2) is 6.61 Å². The molecule has 0 fully saturated rings. The number of carbonyl (C=O) groups is 2. The highest BCUT2D eigenvalue weighted by Crippen LogP contribution is 2.16. The molecule has 0 heterocycles. The van der Waals surface area contributed by atoms with Crippen molar-refractivity contribution >= 4 is 22.6 Å². The minimum absolute atomic E-state index is 0.234. The van der Waals surface area contributed by atoms with Crippen LogP contribution in [0, 0.1) is 6.92 Å². The van der Waals surface area contributed by atoms with Gasteiger partial charge in [0, 0.05) is 13.6 Å². The lowest BCUT2D eigenvalue weighted by atomic mass is 10.1. The van der Waals surface area contributed by atoms with Crippen molar-refractivity contribution in [2.24, 2.45) is 0 Å². The summed E-state index contributed by atoms with van der Waals surface area (Å²) < 4.78 is 5.20. The average molecular weight is 347 g/mol. The molecule has 0 aromatic heterocycles. The van der Waals surface area contributed by atoms with Crippen molar-refractivity contribution in [2.75, 3.05) is 13.7 Å². The summed E-state index contributed by atoms with van der Waals surface area (Å²) in [6.07, 6.45) is 0. The van der Waals surface area contributed by atoms with E-state index in [0.29, 0.717) is 12.1 Å². The molecule has 3 aromatic carbocycles. The Morgan fingerprint density at radius 1 is 0.923 bits per heavy atom. The summed E-state index contributed by atoms with van der Waals surface area (Å²) in [5, 5.41) is 2.02. The number of benzene rings is 3. The third-order valence-corrected chi connectivity index (χ3v) is 4.41. The first-order valence-electron chi connectivity index (χ1n) is 8.49. The summed E-state index contributed by atoms with van der Waals surface area (Å²) in [5.74, 6) is -0.726. The molecule has 0 aliphatic rings. The zero-order valence-corrected chi connectivity index (χ0v) is 14.9. The molecule has 0 saturated heterocycles. The van der Waals surface area contributed by atoms with E-state index in [4.69, 9.17) is 4.74 Å². The van der Waals surface area contributed by atoms with E-state index >= 15 is 0 Å². The molecule has 3 aromatic rings. The first kappa shape index (κ1) is 17.7. The summed E-state index contributed by atoms with van der Waals surface area (Å²) in [5.41, 5.74) is 2.64. The summed E-state index contributed by atoms with van der Waals surface area (Å²) >= 11 is 0. The molecular weight excluding hydrogens is 326 g/mol. The molecule has 132 valence electrons. The average Bonchev–Trinajstić information content (AvgIpc) is 2.67. The van der Waals surface area contributed by atoms with Gasteiger partial charge in [-0.15, -0.1) is 0 Å². The first-order chi connectivity index (χ1) is 12.5. The number of aryl methyl sites for hydroxylation is 1. The Morgan fingerprint density at radius 2 is 1.62 bits per heavy atom. The van der Waals surface area contributed by atoms with Crippen molar-refractivity contribution in [3.05, 3.63) is 83.4 Å². The highest BCUT2D eigenvalue weighted by Gasteiger charge is 2.14. The van der Waals surface area contributed by atoms with Crippen molar-refractivity contribution in [3.8, 4) is 0 Å². The Labute approximate surface area is 153 Å². The largest absolute Gasteiger partial charge is 0.452 e. The Balaban J connectivity index is 1.59. The molecule has 0 N–H and O–H groups in total. The van der Waals surface area contributed by atoms with Gasteiger partial charge in [-0.2, -0.15) is 0 Å². The summed E-state index contributed by atoms with van der Waals surface area (Å²) in [6, 6.07) is 21.1. The van der Waals surface area contributed by atoms with E-state index in [9.17, 15) is 9.59 Å². The summed E-state index contributed by atoms with van der Waals surface area (Å²) in [7, 11) is 1.71. The van der Waals surface area contributed by atoms with E-state index in [1.54, 1.807) is 24.1 Å². The molecule has 1 amide bonds. The van der Waals surface area contributed by atoms with Gasteiger partial charge in [-0.1, -0.05) is 54.6 Å². The van der Waals surface area contributed by atoms with Crippen LogP contribution < -0.4 is 0 Å². The van der Waals surface area contributed by atoms with E-state index < -0.39 is 5.97 Å². The zero-order valence-electron chi connectivity index (χ0n) is 14.9. The topological polar surface area (TPSA) is 46.6 Å². The van der Waals surface area contributed by atoms with Crippen molar-refractivity contribution in [2.45, 2.75) is 13.5 Å². The summed E-state index contributed by atoms with van der Waals surface area (Å²) in [4.78, 5) is 26.1. The highest BCUT2D eigenvalue weighted by molar-refractivity contribution is 5.96. The number of amides is 1. The van der Waals surface area contributed by atoms with Crippen LogP contribution in [0.25, 0.3) is 10.8 Å². The second-order valence-electron chi connectivity index (χ2n) is 6.31. The smallest absolute Gasteiger partial charge is 0.338 e. The molecule has 0 atom stereocenters. The second-order valence-corrected chi connectivity index (χ2v) is 6.31. The molecular formula is C22H21NO3. The monoisotopic (exact) mass is 347 g/mol. The molecule has 0 bridgehead atoms. The fourth-order valence-electron chi connectivity index (χ4n) is 2.77. The molecule has 0 aliphatic carbocycles. The molecule has 26 heavy (non-hydrogen) atoms. The lowest BCUT2D eigenvalue weighted by molar-refractivity contribution is -0.133. The van der Waals surface area contributed by atoms with Crippen molar-refractivity contribution in [1.29, 1.82) is 0 Å². The van der Waals surface area contributed by atoms with E-state index in [1.165, 1.54) is 0 Å². The summed E-state index contributed by atoms with van der Waals surface area (Å²) in [6.45, 7) is 2.22. The minimum atomic E-state index is -0.492. The number of esters is 1. The maximum absolute atomic E-state index is 12.3. The quantitative estimate of drug-likeness (QED) is 0.656. The molecule has 0 unspecified atom stereocenters. The van der Waals surface area contributed by atoms with E-state index in [-0.39, 0.29) is 12.5 Å². The number of carbonyl (C=O) groups excluding carboxylic acids is 2. The van der Waals surface area contributed by atoms with Gasteiger partial charge in [-0.3, -0.25) is 4.79 Å². The van der Waals surface area contributed by atoms with Crippen LogP contribution in [0.5, 0.6) is 0 Å². The van der Waals surface area contributed by atoms with Crippen LogP contribution in [-0.4, -0.2) is 30.4 Å². The van der Waals surface area contributed by atoms with Crippen LogP contribution in [0.15, 0.2) is 66.7 Å². The van der Waals surface area contributed by atoms with Gasteiger partial charge in [0.25, 0.3) is 5.91 Å².